The Kier molecular flexibility index (Phi) is 3.00. The van der Waals surface area contributed by atoms with Gasteiger partial charge in [0.15, 0.2) is 0 Å². The SMILES string of the molecule is NP(N)(=O)NN1CCOCC1. The molecule has 0 saturated carbocycles. The predicted molar refractivity (Wildman–Crippen MR) is 41.5 cm³/mol. The van der Waals surface area contributed by atoms with E-state index in [0.717, 1.165) is 0 Å². The van der Waals surface area contributed by atoms with E-state index in [1.807, 2.05) is 0 Å². The lowest BCUT2D eigenvalue weighted by molar-refractivity contribution is 0.0267. The minimum atomic E-state index is -3.11. The van der Waals surface area contributed by atoms with Gasteiger partial charge in [-0.2, -0.15) is 5.20 Å². The number of nitrogens with one attached hydrogen (secondary N) is 1. The topological polar surface area (TPSA) is 93.6 Å². The van der Waals surface area contributed by atoms with Crippen molar-refractivity contribution in [1.82, 2.24) is 10.2 Å². The summed E-state index contributed by atoms with van der Waals surface area (Å²) in [4.78, 5) is 0. The minimum absolute atomic E-state index is 0.618. The molecular formula is C4H13N4O2P. The molecule has 11 heavy (non-hydrogen) atoms. The molecule has 7 heteroatoms. The molecule has 0 amide bonds. The second-order valence-corrected chi connectivity index (χ2v) is 4.03. The molecule has 0 aliphatic carbocycles. The van der Waals surface area contributed by atoms with E-state index in [1.54, 1.807) is 5.01 Å². The number of nitrogens with zero attached hydrogens (tertiary/aromatic N) is 1. The highest BCUT2D eigenvalue weighted by atomic mass is 31.2. The number of nitrogens with two attached hydrogens (primary N) is 2. The maximum absolute atomic E-state index is 10.8. The van der Waals surface area contributed by atoms with Crippen LogP contribution in [0.2, 0.25) is 0 Å². The van der Waals surface area contributed by atoms with E-state index in [-0.39, 0.29) is 0 Å². The highest BCUT2D eigenvalue weighted by Gasteiger charge is 2.16. The minimum Gasteiger partial charge on any atom is -0.379 e. The van der Waals surface area contributed by atoms with Crippen LogP contribution in [0.15, 0.2) is 0 Å². The molecule has 1 aliphatic rings. The summed E-state index contributed by atoms with van der Waals surface area (Å²) in [5.74, 6) is 0. The van der Waals surface area contributed by atoms with Crippen molar-refractivity contribution in [3.63, 3.8) is 0 Å². The van der Waals surface area contributed by atoms with Gasteiger partial charge in [0.2, 0.25) is 0 Å². The molecule has 6 nitrogen and oxygen atoms in total. The Morgan fingerprint density at radius 3 is 2.36 bits per heavy atom. The quantitative estimate of drug-likeness (QED) is 0.464. The second kappa shape index (κ2) is 3.62. The Morgan fingerprint density at radius 2 is 1.91 bits per heavy atom. The monoisotopic (exact) mass is 180 g/mol. The summed E-state index contributed by atoms with van der Waals surface area (Å²) < 4.78 is 15.9. The fourth-order valence-corrected chi connectivity index (χ4v) is 1.53. The summed E-state index contributed by atoms with van der Waals surface area (Å²) in [6.07, 6.45) is 0. The standard InChI is InChI=1S/C4H13N4O2P/c5-11(6,9)7-8-1-3-10-4-2-8/h1-4H2,(H5,5,6,7,9). The summed E-state index contributed by atoms with van der Waals surface area (Å²) in [5.41, 5.74) is 10.2. The molecular weight excluding hydrogens is 167 g/mol. The fraction of sp³-hybridized carbons (Fsp3) is 1.00. The van der Waals surface area contributed by atoms with Gasteiger partial charge in [0.25, 0.3) is 7.59 Å². The zero-order valence-electron chi connectivity index (χ0n) is 6.19. The highest BCUT2D eigenvalue weighted by Crippen LogP contribution is 2.18. The van der Waals surface area contributed by atoms with E-state index >= 15 is 0 Å². The van der Waals surface area contributed by atoms with Gasteiger partial charge in [-0.25, -0.2) is 5.01 Å². The molecule has 1 rings (SSSR count). The Hall–Kier alpha value is 0.0300. The largest absolute Gasteiger partial charge is 0.379 e. The van der Waals surface area contributed by atoms with Gasteiger partial charge in [-0.15, -0.1) is 0 Å². The maximum Gasteiger partial charge on any atom is 0.287 e. The number of hydrogen-bond donors (Lipinski definition) is 3. The van der Waals surface area contributed by atoms with Crippen LogP contribution in [0.3, 0.4) is 0 Å². The van der Waals surface area contributed by atoms with Gasteiger partial charge in [-0.1, -0.05) is 0 Å². The molecule has 1 saturated heterocycles. The fourth-order valence-electron chi connectivity index (χ4n) is 0.884. The number of morpholine rings is 1. The van der Waals surface area contributed by atoms with Crippen molar-refractivity contribution in [2.75, 3.05) is 26.3 Å². The zero-order valence-corrected chi connectivity index (χ0v) is 7.09. The third-order valence-corrected chi connectivity index (χ3v) is 1.90. The second-order valence-electron chi connectivity index (χ2n) is 2.41. The van der Waals surface area contributed by atoms with E-state index in [9.17, 15) is 4.57 Å². The van der Waals surface area contributed by atoms with E-state index in [0.29, 0.717) is 26.3 Å². The van der Waals surface area contributed by atoms with E-state index < -0.39 is 7.59 Å². The van der Waals surface area contributed by atoms with Gasteiger partial charge >= 0.3 is 0 Å². The molecule has 0 unspecified atom stereocenters. The summed E-state index contributed by atoms with van der Waals surface area (Å²) in [7, 11) is -3.11. The summed E-state index contributed by atoms with van der Waals surface area (Å²) >= 11 is 0. The van der Waals surface area contributed by atoms with Crippen molar-refractivity contribution >= 4 is 7.59 Å². The third-order valence-electron chi connectivity index (χ3n) is 1.31. The van der Waals surface area contributed by atoms with Crippen LogP contribution in [0.5, 0.6) is 0 Å². The molecule has 1 aliphatic heterocycles. The first kappa shape index (κ1) is 9.12. The van der Waals surface area contributed by atoms with Gasteiger partial charge in [-0.05, 0) is 0 Å². The van der Waals surface area contributed by atoms with E-state index in [4.69, 9.17) is 15.7 Å². The number of ether oxygens (including phenoxy) is 1. The number of hydrazine groups is 1. The van der Waals surface area contributed by atoms with Crippen molar-refractivity contribution in [2.45, 2.75) is 0 Å². The summed E-state index contributed by atoms with van der Waals surface area (Å²) in [6.45, 7) is 2.57. The van der Waals surface area contributed by atoms with Gasteiger partial charge in [0.05, 0.1) is 13.2 Å². The molecule has 0 aromatic heterocycles. The van der Waals surface area contributed by atoms with Crippen LogP contribution < -0.4 is 16.2 Å². The van der Waals surface area contributed by atoms with Gasteiger partial charge < -0.3 is 4.74 Å². The van der Waals surface area contributed by atoms with Crippen LogP contribution in [0.1, 0.15) is 0 Å². The van der Waals surface area contributed by atoms with E-state index in [1.165, 1.54) is 0 Å². The average molecular weight is 180 g/mol. The molecule has 0 bridgehead atoms. The molecule has 0 spiro atoms. The normalized spacial score (nSPS) is 22.0. The van der Waals surface area contributed by atoms with Gasteiger partial charge in [0, 0.05) is 13.1 Å². The Balaban J connectivity index is 2.30. The molecule has 5 N–H and O–H groups in total. The van der Waals surface area contributed by atoms with Crippen LogP contribution in [0.25, 0.3) is 0 Å². The Labute approximate surface area is 65.4 Å². The Morgan fingerprint density at radius 1 is 1.36 bits per heavy atom. The lowest BCUT2D eigenvalue weighted by Crippen LogP contribution is -2.46. The zero-order chi connectivity index (χ0) is 8.32. The van der Waals surface area contributed by atoms with Gasteiger partial charge in [-0.3, -0.25) is 15.6 Å². The molecule has 1 heterocycles. The molecule has 66 valence electrons. The lowest BCUT2D eigenvalue weighted by Gasteiger charge is -2.28. The molecule has 1 fully saturated rings. The van der Waals surface area contributed by atoms with Crippen LogP contribution in [0.4, 0.5) is 0 Å². The van der Waals surface area contributed by atoms with Gasteiger partial charge in [0.1, 0.15) is 0 Å². The van der Waals surface area contributed by atoms with E-state index in [2.05, 4.69) is 5.20 Å². The highest BCUT2D eigenvalue weighted by molar-refractivity contribution is 7.56. The molecule has 0 radical (unpaired) electrons. The van der Waals surface area contributed by atoms with Crippen LogP contribution in [0, 0.1) is 0 Å². The lowest BCUT2D eigenvalue weighted by atomic mass is 10.5. The Bertz CT molecular complexity index is 163. The van der Waals surface area contributed by atoms with Crippen LogP contribution in [-0.2, 0) is 9.30 Å². The first-order valence-corrected chi connectivity index (χ1v) is 5.20. The summed E-state index contributed by atoms with van der Waals surface area (Å²) in [6, 6.07) is 0. The molecule has 0 atom stereocenters. The number of hydrogen-bond acceptors (Lipinski definition) is 3. The first-order chi connectivity index (χ1) is 5.08. The smallest absolute Gasteiger partial charge is 0.287 e. The molecule has 0 aromatic carbocycles. The summed E-state index contributed by atoms with van der Waals surface area (Å²) in [5, 5.41) is 4.24. The average Bonchev–Trinajstić information content (AvgIpc) is 1.85. The van der Waals surface area contributed by atoms with Crippen LogP contribution >= 0.6 is 7.59 Å². The number of rotatable bonds is 2. The first-order valence-electron chi connectivity index (χ1n) is 3.36. The predicted octanol–water partition coefficient (Wildman–Crippen LogP) is -1.15. The van der Waals surface area contributed by atoms with Crippen molar-refractivity contribution in [3.05, 3.63) is 0 Å². The van der Waals surface area contributed by atoms with Crippen molar-refractivity contribution in [3.8, 4) is 0 Å². The molecule has 0 aromatic rings. The van der Waals surface area contributed by atoms with Crippen LogP contribution in [-0.4, -0.2) is 31.3 Å². The van der Waals surface area contributed by atoms with Crippen molar-refractivity contribution in [1.29, 1.82) is 0 Å². The maximum atomic E-state index is 10.8. The third kappa shape index (κ3) is 3.81. The van der Waals surface area contributed by atoms with Crippen molar-refractivity contribution in [2.24, 2.45) is 11.0 Å². The van der Waals surface area contributed by atoms with Crippen molar-refractivity contribution < 1.29 is 9.30 Å².